The van der Waals surface area contributed by atoms with Crippen LogP contribution in [0.4, 0.5) is 0 Å². The highest BCUT2D eigenvalue weighted by molar-refractivity contribution is 5.94. The fraction of sp³-hybridized carbons (Fsp3) is 0.400. The van der Waals surface area contributed by atoms with E-state index in [0.29, 0.717) is 30.4 Å². The monoisotopic (exact) mass is 370 g/mol. The number of benzene rings is 1. The summed E-state index contributed by atoms with van der Waals surface area (Å²) in [7, 11) is 0. The molecule has 1 atom stereocenters. The van der Waals surface area contributed by atoms with Gasteiger partial charge in [-0.3, -0.25) is 9.59 Å². The lowest BCUT2D eigenvalue weighted by molar-refractivity contribution is 0.0999. The summed E-state index contributed by atoms with van der Waals surface area (Å²) in [5.74, 6) is 0.250. The highest BCUT2D eigenvalue weighted by Crippen LogP contribution is 2.41. The minimum atomic E-state index is -1.04. The van der Waals surface area contributed by atoms with Crippen LogP contribution >= 0.6 is 0 Å². The minimum absolute atomic E-state index is 0.0544. The number of hydrogen-bond acceptors (Lipinski definition) is 5. The Kier molecular flexibility index (Phi) is 5.39. The molecule has 1 amide bonds. The SMILES string of the molecule is CCOc1cc2c(cc1OCC)-c1cc(=O)c(C(=O)N=O)cn1C(CC)C2. The van der Waals surface area contributed by atoms with Crippen LogP contribution in [-0.4, -0.2) is 23.7 Å². The summed E-state index contributed by atoms with van der Waals surface area (Å²) in [4.78, 5) is 34.7. The summed E-state index contributed by atoms with van der Waals surface area (Å²) in [5, 5.41) is 2.40. The number of fused-ring (bicyclic) bond motifs is 3. The highest BCUT2D eigenvalue weighted by Gasteiger charge is 2.27. The molecule has 1 aromatic carbocycles. The van der Waals surface area contributed by atoms with Gasteiger partial charge in [0, 0.05) is 29.0 Å². The Balaban J connectivity index is 2.23. The Morgan fingerprint density at radius 1 is 1.15 bits per heavy atom. The fourth-order valence-electron chi connectivity index (χ4n) is 3.52. The molecule has 27 heavy (non-hydrogen) atoms. The van der Waals surface area contributed by atoms with Crippen molar-refractivity contribution in [3.8, 4) is 22.8 Å². The molecule has 0 fully saturated rings. The zero-order valence-electron chi connectivity index (χ0n) is 15.7. The third kappa shape index (κ3) is 3.37. The normalized spacial score (nSPS) is 14.9. The average Bonchev–Trinajstić information content (AvgIpc) is 2.67. The Labute approximate surface area is 156 Å². The Bertz CT molecular complexity index is 948. The number of rotatable bonds is 6. The van der Waals surface area contributed by atoms with E-state index in [0.717, 1.165) is 24.0 Å². The first-order chi connectivity index (χ1) is 13.0. The molecule has 142 valence electrons. The zero-order valence-corrected chi connectivity index (χ0v) is 15.7. The summed E-state index contributed by atoms with van der Waals surface area (Å²) in [6.07, 6.45) is 2.97. The summed E-state index contributed by atoms with van der Waals surface area (Å²) in [5.41, 5.74) is 1.90. The molecular formula is C20H22N2O5. The minimum Gasteiger partial charge on any atom is -0.490 e. The number of aromatic nitrogens is 1. The van der Waals surface area contributed by atoms with Crippen molar-refractivity contribution in [2.75, 3.05) is 13.2 Å². The maximum Gasteiger partial charge on any atom is 0.322 e. The molecule has 1 unspecified atom stereocenters. The molecule has 1 aliphatic rings. The van der Waals surface area contributed by atoms with Gasteiger partial charge in [0.05, 0.1) is 18.9 Å². The summed E-state index contributed by atoms with van der Waals surface area (Å²) >= 11 is 0. The second-order valence-electron chi connectivity index (χ2n) is 6.33. The third-order valence-corrected chi connectivity index (χ3v) is 4.76. The number of nitrogens with zero attached hydrogens (tertiary/aromatic N) is 2. The van der Waals surface area contributed by atoms with Gasteiger partial charge in [0.25, 0.3) is 0 Å². The van der Waals surface area contributed by atoms with Crippen LogP contribution in [0.5, 0.6) is 11.5 Å². The van der Waals surface area contributed by atoms with Crippen molar-refractivity contribution < 1.29 is 14.3 Å². The van der Waals surface area contributed by atoms with Gasteiger partial charge < -0.3 is 14.0 Å². The molecule has 0 N–H and O–H groups in total. The van der Waals surface area contributed by atoms with Crippen molar-refractivity contribution in [3.05, 3.63) is 50.7 Å². The number of amides is 1. The van der Waals surface area contributed by atoms with Crippen molar-refractivity contribution in [1.29, 1.82) is 0 Å². The molecule has 0 saturated heterocycles. The molecule has 7 heteroatoms. The van der Waals surface area contributed by atoms with Crippen molar-refractivity contribution in [3.63, 3.8) is 0 Å². The first-order valence-corrected chi connectivity index (χ1v) is 9.10. The van der Waals surface area contributed by atoms with E-state index in [4.69, 9.17) is 9.47 Å². The predicted molar refractivity (Wildman–Crippen MR) is 102 cm³/mol. The topological polar surface area (TPSA) is 87.0 Å². The number of ether oxygens (including phenoxy) is 2. The Morgan fingerprint density at radius 2 is 1.81 bits per heavy atom. The van der Waals surface area contributed by atoms with Crippen molar-refractivity contribution in [2.45, 2.75) is 39.7 Å². The molecule has 0 radical (unpaired) electrons. The summed E-state index contributed by atoms with van der Waals surface area (Å²) in [6, 6.07) is 5.29. The van der Waals surface area contributed by atoms with Crippen LogP contribution in [0.3, 0.4) is 0 Å². The molecule has 1 aliphatic heterocycles. The lowest BCUT2D eigenvalue weighted by atomic mass is 9.90. The zero-order chi connectivity index (χ0) is 19.6. The number of carbonyl (C=O) groups is 1. The third-order valence-electron chi connectivity index (χ3n) is 4.76. The van der Waals surface area contributed by atoms with E-state index in [2.05, 4.69) is 5.18 Å². The van der Waals surface area contributed by atoms with Crippen LogP contribution in [0.25, 0.3) is 11.3 Å². The van der Waals surface area contributed by atoms with Gasteiger partial charge >= 0.3 is 5.91 Å². The molecule has 1 aromatic heterocycles. The Morgan fingerprint density at radius 3 is 2.41 bits per heavy atom. The first kappa shape index (κ1) is 18.8. The molecule has 0 spiro atoms. The lowest BCUT2D eigenvalue weighted by Gasteiger charge is -2.31. The predicted octanol–water partition coefficient (Wildman–Crippen LogP) is 3.73. The van der Waals surface area contributed by atoms with E-state index in [1.807, 2.05) is 37.5 Å². The smallest absolute Gasteiger partial charge is 0.322 e. The van der Waals surface area contributed by atoms with Crippen LogP contribution < -0.4 is 14.9 Å². The molecule has 3 rings (SSSR count). The molecule has 7 nitrogen and oxygen atoms in total. The van der Waals surface area contributed by atoms with Crippen LogP contribution in [0.15, 0.2) is 34.4 Å². The molecule has 2 heterocycles. The van der Waals surface area contributed by atoms with Crippen LogP contribution in [0, 0.1) is 4.91 Å². The quantitative estimate of drug-likeness (QED) is 0.723. The molecule has 2 aromatic rings. The second-order valence-corrected chi connectivity index (χ2v) is 6.33. The van der Waals surface area contributed by atoms with E-state index < -0.39 is 11.3 Å². The number of pyridine rings is 1. The number of hydrogen-bond donors (Lipinski definition) is 0. The number of carbonyl (C=O) groups excluding carboxylic acids is 1. The van der Waals surface area contributed by atoms with E-state index in [9.17, 15) is 14.5 Å². The highest BCUT2D eigenvalue weighted by atomic mass is 16.5. The van der Waals surface area contributed by atoms with Gasteiger partial charge in [-0.25, -0.2) is 0 Å². The second kappa shape index (κ2) is 7.73. The van der Waals surface area contributed by atoms with Crippen LogP contribution in [0.2, 0.25) is 0 Å². The van der Waals surface area contributed by atoms with Crippen LogP contribution in [0.1, 0.15) is 49.2 Å². The van der Waals surface area contributed by atoms with Crippen molar-refractivity contribution in [2.24, 2.45) is 5.18 Å². The van der Waals surface area contributed by atoms with Gasteiger partial charge in [0.2, 0.25) is 0 Å². The van der Waals surface area contributed by atoms with Gasteiger partial charge in [0.15, 0.2) is 16.9 Å². The van der Waals surface area contributed by atoms with Gasteiger partial charge in [-0.1, -0.05) is 6.92 Å². The summed E-state index contributed by atoms with van der Waals surface area (Å²) < 4.78 is 13.3. The largest absolute Gasteiger partial charge is 0.490 e. The lowest BCUT2D eigenvalue weighted by Crippen LogP contribution is -2.25. The van der Waals surface area contributed by atoms with Crippen LogP contribution in [-0.2, 0) is 6.42 Å². The van der Waals surface area contributed by atoms with Gasteiger partial charge in [0.1, 0.15) is 5.56 Å². The summed E-state index contributed by atoms with van der Waals surface area (Å²) in [6.45, 7) is 6.86. The molecule has 0 aliphatic carbocycles. The van der Waals surface area contributed by atoms with Crippen molar-refractivity contribution in [1.82, 2.24) is 4.57 Å². The maximum absolute atomic E-state index is 12.4. The fourth-order valence-corrected chi connectivity index (χ4v) is 3.52. The van der Waals surface area contributed by atoms with Crippen molar-refractivity contribution >= 4 is 5.91 Å². The maximum atomic E-state index is 12.4. The van der Waals surface area contributed by atoms with Gasteiger partial charge in [-0.2, -0.15) is 0 Å². The van der Waals surface area contributed by atoms with E-state index in [1.54, 1.807) is 0 Å². The van der Waals surface area contributed by atoms with Gasteiger partial charge in [-0.15, -0.1) is 4.91 Å². The molecule has 0 bridgehead atoms. The first-order valence-electron chi connectivity index (χ1n) is 9.10. The molecule has 0 saturated carbocycles. The van der Waals surface area contributed by atoms with E-state index >= 15 is 0 Å². The standard InChI is InChI=1S/C20H22N2O5/c1-4-13-7-12-8-18(26-5-2)19(27-6-3)9-14(12)16-10-17(23)15(11-22(13)16)20(24)21-25/h8-11,13H,4-7H2,1-3H3. The number of nitroso groups, excluding NO2 is 1. The van der Waals surface area contributed by atoms with E-state index in [-0.39, 0.29) is 11.6 Å². The average molecular weight is 370 g/mol. The van der Waals surface area contributed by atoms with E-state index in [1.165, 1.54) is 12.3 Å². The molecular weight excluding hydrogens is 348 g/mol. The van der Waals surface area contributed by atoms with Gasteiger partial charge in [-0.05, 0) is 44.4 Å². The Hall–Kier alpha value is -2.96.